The largest absolute Gasteiger partial charge is 0.422 e. The molecule has 0 saturated heterocycles. The number of hydrogen-bond donors (Lipinski definition) is 2. The fourth-order valence-electron chi connectivity index (χ4n) is 2.59. The monoisotopic (exact) mass is 408 g/mol. The van der Waals surface area contributed by atoms with E-state index < -0.39 is 40.6 Å². The van der Waals surface area contributed by atoms with Gasteiger partial charge in [0, 0.05) is 25.7 Å². The van der Waals surface area contributed by atoms with Crippen LogP contribution in [0.25, 0.3) is 5.69 Å². The van der Waals surface area contributed by atoms with Gasteiger partial charge in [0.05, 0.1) is 5.69 Å². The Kier molecular flexibility index (Phi) is 5.71. The Bertz CT molecular complexity index is 1100. The predicted octanol–water partition coefficient (Wildman–Crippen LogP) is 4.05. The number of nitrogens with zero attached hydrogens (tertiary/aromatic N) is 2. The van der Waals surface area contributed by atoms with Gasteiger partial charge in [0.2, 0.25) is 0 Å². The second kappa shape index (κ2) is 8.21. The van der Waals surface area contributed by atoms with Crippen LogP contribution in [-0.2, 0) is 0 Å². The molecule has 0 fully saturated rings. The minimum absolute atomic E-state index is 0.0780. The van der Waals surface area contributed by atoms with E-state index in [1.165, 1.54) is 19.2 Å². The SMILES string of the molecule is CCNc1nc(Oc2cc(F)c(F)cc2F)n(-c2ccc(F)cc2)c(=O)c1NC. The van der Waals surface area contributed by atoms with E-state index in [2.05, 4.69) is 15.6 Å². The highest BCUT2D eigenvalue weighted by Crippen LogP contribution is 2.29. The lowest BCUT2D eigenvalue weighted by Gasteiger charge is -2.17. The highest BCUT2D eigenvalue weighted by Gasteiger charge is 2.21. The Hall–Kier alpha value is -3.56. The first-order chi connectivity index (χ1) is 13.8. The number of rotatable bonds is 6. The molecule has 1 aromatic heterocycles. The zero-order valence-electron chi connectivity index (χ0n) is 15.4. The number of benzene rings is 2. The summed E-state index contributed by atoms with van der Waals surface area (Å²) in [7, 11) is 1.50. The third-order valence-corrected chi connectivity index (χ3v) is 3.91. The minimum Gasteiger partial charge on any atom is -0.422 e. The lowest BCUT2D eigenvalue weighted by molar-refractivity contribution is 0.387. The van der Waals surface area contributed by atoms with Gasteiger partial charge in [-0.1, -0.05) is 0 Å². The lowest BCUT2D eigenvalue weighted by atomic mass is 10.3. The molecule has 0 amide bonds. The number of hydrogen-bond acceptors (Lipinski definition) is 5. The molecule has 1 heterocycles. The Labute approximate surface area is 162 Å². The summed E-state index contributed by atoms with van der Waals surface area (Å²) >= 11 is 0. The average Bonchev–Trinajstić information content (AvgIpc) is 2.68. The van der Waals surface area contributed by atoms with E-state index in [4.69, 9.17) is 4.74 Å². The summed E-state index contributed by atoms with van der Waals surface area (Å²) in [5.74, 6) is -5.02. The predicted molar refractivity (Wildman–Crippen MR) is 99.9 cm³/mol. The third-order valence-electron chi connectivity index (χ3n) is 3.91. The summed E-state index contributed by atoms with van der Waals surface area (Å²) in [4.78, 5) is 17.2. The molecule has 0 spiro atoms. The first-order valence-corrected chi connectivity index (χ1v) is 8.52. The Morgan fingerprint density at radius 2 is 1.69 bits per heavy atom. The molecule has 0 radical (unpaired) electrons. The second-order valence-electron chi connectivity index (χ2n) is 5.81. The molecule has 0 aliphatic heterocycles. The topological polar surface area (TPSA) is 68.2 Å². The van der Waals surface area contributed by atoms with Crippen molar-refractivity contribution in [1.82, 2.24) is 9.55 Å². The minimum atomic E-state index is -1.39. The van der Waals surface area contributed by atoms with Crippen LogP contribution in [0.5, 0.6) is 11.8 Å². The highest BCUT2D eigenvalue weighted by molar-refractivity contribution is 5.64. The van der Waals surface area contributed by atoms with Gasteiger partial charge in [-0.2, -0.15) is 4.98 Å². The van der Waals surface area contributed by atoms with E-state index in [0.29, 0.717) is 18.7 Å². The Morgan fingerprint density at radius 3 is 2.31 bits per heavy atom. The van der Waals surface area contributed by atoms with E-state index in [1.807, 2.05) is 0 Å². The molecule has 0 saturated carbocycles. The lowest BCUT2D eigenvalue weighted by Crippen LogP contribution is -2.25. The van der Waals surface area contributed by atoms with Crippen molar-refractivity contribution < 1.29 is 22.3 Å². The van der Waals surface area contributed by atoms with Crippen molar-refractivity contribution in [3.05, 3.63) is 70.0 Å². The summed E-state index contributed by atoms with van der Waals surface area (Å²) in [6, 6.07) is 5.20. The quantitative estimate of drug-likeness (QED) is 0.476. The van der Waals surface area contributed by atoms with Crippen molar-refractivity contribution >= 4 is 11.5 Å². The van der Waals surface area contributed by atoms with E-state index in [0.717, 1.165) is 16.7 Å². The molecule has 0 aliphatic rings. The fraction of sp³-hybridized carbons (Fsp3) is 0.158. The molecule has 0 atom stereocenters. The zero-order valence-corrected chi connectivity index (χ0v) is 15.4. The maximum atomic E-state index is 14.1. The van der Waals surface area contributed by atoms with E-state index >= 15 is 0 Å². The molecule has 2 aromatic carbocycles. The molecular formula is C19H16F4N4O2. The van der Waals surface area contributed by atoms with Crippen LogP contribution in [0.1, 0.15) is 6.92 Å². The summed E-state index contributed by atoms with van der Waals surface area (Å²) in [6.45, 7) is 2.17. The van der Waals surface area contributed by atoms with Crippen molar-refractivity contribution in [3.8, 4) is 17.4 Å². The van der Waals surface area contributed by atoms with Gasteiger partial charge in [-0.25, -0.2) is 22.1 Å². The van der Waals surface area contributed by atoms with E-state index in [1.54, 1.807) is 6.92 Å². The van der Waals surface area contributed by atoms with Crippen molar-refractivity contribution in [3.63, 3.8) is 0 Å². The molecule has 0 unspecified atom stereocenters. The highest BCUT2D eigenvalue weighted by atomic mass is 19.2. The zero-order chi connectivity index (χ0) is 21.1. The van der Waals surface area contributed by atoms with E-state index in [9.17, 15) is 22.4 Å². The van der Waals surface area contributed by atoms with Crippen LogP contribution in [-0.4, -0.2) is 23.1 Å². The van der Waals surface area contributed by atoms with Crippen LogP contribution < -0.4 is 20.9 Å². The smallest absolute Gasteiger partial charge is 0.311 e. The molecule has 0 aliphatic carbocycles. The molecule has 3 aromatic rings. The summed E-state index contributed by atoms with van der Waals surface area (Å²) in [5.41, 5.74) is -0.390. The molecular weight excluding hydrogens is 392 g/mol. The number of halogens is 4. The van der Waals surface area contributed by atoms with Crippen molar-refractivity contribution in [2.24, 2.45) is 0 Å². The molecule has 2 N–H and O–H groups in total. The van der Waals surface area contributed by atoms with Crippen LogP contribution in [0.2, 0.25) is 0 Å². The van der Waals surface area contributed by atoms with Crippen LogP contribution >= 0.6 is 0 Å². The van der Waals surface area contributed by atoms with Gasteiger partial charge in [-0.05, 0) is 31.2 Å². The average molecular weight is 408 g/mol. The van der Waals surface area contributed by atoms with Gasteiger partial charge < -0.3 is 15.4 Å². The van der Waals surface area contributed by atoms with Gasteiger partial charge in [0.15, 0.2) is 29.0 Å². The number of nitrogens with one attached hydrogen (secondary N) is 2. The van der Waals surface area contributed by atoms with Gasteiger partial charge in [0.25, 0.3) is 5.56 Å². The molecule has 10 heteroatoms. The number of aromatic nitrogens is 2. The molecule has 6 nitrogen and oxygen atoms in total. The van der Waals surface area contributed by atoms with Crippen LogP contribution in [0.4, 0.5) is 29.1 Å². The second-order valence-corrected chi connectivity index (χ2v) is 5.81. The van der Waals surface area contributed by atoms with Gasteiger partial charge in [-0.15, -0.1) is 0 Å². The third kappa shape index (κ3) is 4.00. The molecule has 29 heavy (non-hydrogen) atoms. The van der Waals surface area contributed by atoms with Gasteiger partial charge >= 0.3 is 6.01 Å². The first-order valence-electron chi connectivity index (χ1n) is 8.52. The Balaban J connectivity index is 2.24. The van der Waals surface area contributed by atoms with Gasteiger partial charge in [0.1, 0.15) is 11.5 Å². The van der Waals surface area contributed by atoms with Crippen LogP contribution in [0, 0.1) is 23.3 Å². The maximum Gasteiger partial charge on any atom is 0.311 e. The summed E-state index contributed by atoms with van der Waals surface area (Å²) in [6.07, 6.45) is 0. The molecule has 152 valence electrons. The first kappa shape index (κ1) is 20.2. The van der Waals surface area contributed by atoms with Crippen molar-refractivity contribution in [2.75, 3.05) is 24.2 Å². The van der Waals surface area contributed by atoms with Crippen LogP contribution in [0.3, 0.4) is 0 Å². The van der Waals surface area contributed by atoms with E-state index in [-0.39, 0.29) is 17.2 Å². The summed E-state index contributed by atoms with van der Waals surface area (Å²) < 4.78 is 60.4. The van der Waals surface area contributed by atoms with Crippen molar-refractivity contribution in [2.45, 2.75) is 6.92 Å². The van der Waals surface area contributed by atoms with Crippen LogP contribution in [0.15, 0.2) is 41.2 Å². The number of ether oxygens (including phenoxy) is 1. The van der Waals surface area contributed by atoms with Crippen molar-refractivity contribution in [1.29, 1.82) is 0 Å². The molecule has 3 rings (SSSR count). The van der Waals surface area contributed by atoms with Gasteiger partial charge in [-0.3, -0.25) is 4.79 Å². The normalized spacial score (nSPS) is 10.7. The summed E-state index contributed by atoms with van der Waals surface area (Å²) in [5, 5.41) is 5.58. The molecule has 0 bridgehead atoms. The maximum absolute atomic E-state index is 14.1. The standard InChI is InChI=1S/C19H16F4N4O2/c1-3-25-17-16(24-2)18(28)27(11-6-4-10(20)5-7-11)19(26-17)29-15-9-13(22)12(21)8-14(15)23/h4-9,24-25H,3H2,1-2H3. The fourth-order valence-corrected chi connectivity index (χ4v) is 2.59. The Morgan fingerprint density at radius 1 is 1.03 bits per heavy atom. The number of anilines is 2.